The predicted molar refractivity (Wildman–Crippen MR) is 114 cm³/mol. The summed E-state index contributed by atoms with van der Waals surface area (Å²) in [5.74, 6) is 0.975. The van der Waals surface area contributed by atoms with E-state index in [1.54, 1.807) is 13.8 Å². The molecule has 0 spiro atoms. The molecule has 0 aromatic heterocycles. The fourth-order valence-corrected chi connectivity index (χ4v) is 2.94. The molecule has 0 bridgehead atoms. The summed E-state index contributed by atoms with van der Waals surface area (Å²) in [5, 5.41) is 0. The Morgan fingerprint density at radius 3 is 2.07 bits per heavy atom. The summed E-state index contributed by atoms with van der Waals surface area (Å²) >= 11 is 0. The summed E-state index contributed by atoms with van der Waals surface area (Å²) in [7, 11) is 1.35. The number of ether oxygens (including phenoxy) is 3. The van der Waals surface area contributed by atoms with Gasteiger partial charge in [-0.25, -0.2) is 4.79 Å². The van der Waals surface area contributed by atoms with Crippen molar-refractivity contribution in [1.29, 1.82) is 0 Å². The first-order valence-corrected chi connectivity index (χ1v) is 9.54. The molecule has 29 heavy (non-hydrogen) atoms. The number of esters is 1. The molecule has 0 aliphatic rings. The maximum atomic E-state index is 11.9. The summed E-state index contributed by atoms with van der Waals surface area (Å²) in [6.45, 7) is 5.95. The minimum atomic E-state index is -1.06. The van der Waals surface area contributed by atoms with E-state index in [4.69, 9.17) is 14.2 Å². The summed E-state index contributed by atoms with van der Waals surface area (Å²) in [5.41, 5.74) is 3.28. The van der Waals surface area contributed by atoms with Gasteiger partial charge in [0.05, 0.1) is 7.11 Å². The van der Waals surface area contributed by atoms with E-state index in [0.29, 0.717) is 12.4 Å². The Labute approximate surface area is 172 Å². The lowest BCUT2D eigenvalue weighted by Crippen LogP contribution is -2.39. The largest absolute Gasteiger partial charge is 0.489 e. The fourth-order valence-electron chi connectivity index (χ4n) is 2.94. The van der Waals surface area contributed by atoms with Gasteiger partial charge in [0.15, 0.2) is 5.60 Å². The molecular weight excluding hydrogens is 364 g/mol. The van der Waals surface area contributed by atoms with E-state index in [1.807, 2.05) is 48.5 Å². The van der Waals surface area contributed by atoms with Gasteiger partial charge in [-0.2, -0.15) is 0 Å². The third-order valence-electron chi connectivity index (χ3n) is 4.58. The van der Waals surface area contributed by atoms with Crippen molar-refractivity contribution >= 4 is 5.97 Å². The summed E-state index contributed by atoms with van der Waals surface area (Å²) in [6, 6.07) is 23.9. The number of carbonyl (C=O) groups is 1. The summed E-state index contributed by atoms with van der Waals surface area (Å²) in [6.07, 6.45) is 0. The molecular formula is C25H26O4. The zero-order chi connectivity index (χ0) is 20.9. The van der Waals surface area contributed by atoms with E-state index in [-0.39, 0.29) is 0 Å². The van der Waals surface area contributed by atoms with Crippen LogP contribution in [0.1, 0.15) is 25.0 Å². The number of rotatable bonds is 7. The molecule has 0 saturated heterocycles. The molecule has 4 heteroatoms. The highest BCUT2D eigenvalue weighted by Gasteiger charge is 2.31. The SMILES string of the molecule is COC(=O)C(C)(C)Oc1cccc(-c2cccc(OCc3ccc(C)cc3)c2)c1. The Morgan fingerprint density at radius 2 is 1.45 bits per heavy atom. The Kier molecular flexibility index (Phi) is 6.23. The van der Waals surface area contributed by atoms with Crippen LogP contribution in [0.5, 0.6) is 11.5 Å². The van der Waals surface area contributed by atoms with E-state index in [9.17, 15) is 4.79 Å². The minimum absolute atomic E-state index is 0.422. The maximum Gasteiger partial charge on any atom is 0.349 e. The molecule has 0 aliphatic carbocycles. The van der Waals surface area contributed by atoms with Gasteiger partial charge in [0, 0.05) is 0 Å². The van der Waals surface area contributed by atoms with Crippen molar-refractivity contribution in [1.82, 2.24) is 0 Å². The van der Waals surface area contributed by atoms with Crippen molar-refractivity contribution in [2.45, 2.75) is 33.0 Å². The predicted octanol–water partition coefficient (Wildman–Crippen LogP) is 5.57. The van der Waals surface area contributed by atoms with Crippen LogP contribution < -0.4 is 9.47 Å². The quantitative estimate of drug-likeness (QED) is 0.495. The van der Waals surface area contributed by atoms with Crippen LogP contribution in [0.15, 0.2) is 72.8 Å². The van der Waals surface area contributed by atoms with Gasteiger partial charge >= 0.3 is 5.97 Å². The van der Waals surface area contributed by atoms with Crippen LogP contribution in [-0.4, -0.2) is 18.7 Å². The molecule has 3 aromatic rings. The molecule has 0 aliphatic heterocycles. The molecule has 0 fully saturated rings. The number of methoxy groups -OCH3 is 1. The standard InChI is InChI=1S/C25H26O4/c1-18-11-13-19(14-12-18)17-28-22-9-5-7-20(15-22)21-8-6-10-23(16-21)29-25(2,3)24(26)27-4/h5-16H,17H2,1-4H3. The highest BCUT2D eigenvalue weighted by Crippen LogP contribution is 2.29. The van der Waals surface area contributed by atoms with Gasteiger partial charge in [-0.05, 0) is 61.7 Å². The number of hydrogen-bond acceptors (Lipinski definition) is 4. The molecule has 3 rings (SSSR count). The van der Waals surface area contributed by atoms with Crippen molar-refractivity contribution in [3.8, 4) is 22.6 Å². The van der Waals surface area contributed by atoms with E-state index in [2.05, 4.69) is 31.2 Å². The zero-order valence-corrected chi connectivity index (χ0v) is 17.3. The molecule has 150 valence electrons. The van der Waals surface area contributed by atoms with Crippen LogP contribution in [0.25, 0.3) is 11.1 Å². The highest BCUT2D eigenvalue weighted by molar-refractivity contribution is 5.79. The van der Waals surface area contributed by atoms with Crippen LogP contribution >= 0.6 is 0 Å². The zero-order valence-electron chi connectivity index (χ0n) is 17.3. The lowest BCUT2D eigenvalue weighted by Gasteiger charge is -2.23. The normalized spacial score (nSPS) is 11.0. The molecule has 4 nitrogen and oxygen atoms in total. The molecule has 0 atom stereocenters. The van der Waals surface area contributed by atoms with Gasteiger partial charge in [0.1, 0.15) is 18.1 Å². The van der Waals surface area contributed by atoms with Crippen LogP contribution in [0.2, 0.25) is 0 Å². The van der Waals surface area contributed by atoms with Gasteiger partial charge in [-0.3, -0.25) is 0 Å². The molecule has 0 heterocycles. The number of benzene rings is 3. The smallest absolute Gasteiger partial charge is 0.349 e. The van der Waals surface area contributed by atoms with Crippen LogP contribution in [-0.2, 0) is 16.1 Å². The Bertz CT molecular complexity index is 974. The highest BCUT2D eigenvalue weighted by atomic mass is 16.6. The van der Waals surface area contributed by atoms with Gasteiger partial charge in [0.25, 0.3) is 0 Å². The first-order valence-electron chi connectivity index (χ1n) is 9.54. The van der Waals surface area contributed by atoms with Crippen molar-refractivity contribution < 1.29 is 19.0 Å². The third-order valence-corrected chi connectivity index (χ3v) is 4.58. The second-order valence-electron chi connectivity index (χ2n) is 7.43. The van der Waals surface area contributed by atoms with Crippen LogP contribution in [0, 0.1) is 6.92 Å². The van der Waals surface area contributed by atoms with Crippen LogP contribution in [0.3, 0.4) is 0 Å². The number of hydrogen-bond donors (Lipinski definition) is 0. The number of aryl methyl sites for hydroxylation is 1. The van der Waals surface area contributed by atoms with E-state index in [0.717, 1.165) is 22.4 Å². The van der Waals surface area contributed by atoms with Crippen molar-refractivity contribution in [2.24, 2.45) is 0 Å². The summed E-state index contributed by atoms with van der Waals surface area (Å²) in [4.78, 5) is 11.9. The molecule has 3 aromatic carbocycles. The van der Waals surface area contributed by atoms with Gasteiger partial charge in [-0.1, -0.05) is 54.1 Å². The van der Waals surface area contributed by atoms with E-state index in [1.165, 1.54) is 12.7 Å². The Morgan fingerprint density at radius 1 is 0.862 bits per heavy atom. The molecule has 0 radical (unpaired) electrons. The monoisotopic (exact) mass is 390 g/mol. The molecule has 0 saturated carbocycles. The topological polar surface area (TPSA) is 44.8 Å². The van der Waals surface area contributed by atoms with Crippen molar-refractivity contribution in [3.63, 3.8) is 0 Å². The first kappa shape index (κ1) is 20.5. The molecule has 0 amide bonds. The van der Waals surface area contributed by atoms with E-state index >= 15 is 0 Å². The Hall–Kier alpha value is -3.27. The lowest BCUT2D eigenvalue weighted by molar-refractivity contribution is -0.156. The maximum absolute atomic E-state index is 11.9. The fraction of sp³-hybridized carbons (Fsp3) is 0.240. The average molecular weight is 390 g/mol. The first-order chi connectivity index (χ1) is 13.9. The van der Waals surface area contributed by atoms with Gasteiger partial charge in [-0.15, -0.1) is 0 Å². The van der Waals surface area contributed by atoms with Crippen molar-refractivity contribution in [2.75, 3.05) is 7.11 Å². The second kappa shape index (κ2) is 8.82. The second-order valence-corrected chi connectivity index (χ2v) is 7.43. The molecule has 0 unspecified atom stereocenters. The lowest BCUT2D eigenvalue weighted by atomic mass is 10.0. The number of carbonyl (C=O) groups excluding carboxylic acids is 1. The summed E-state index contributed by atoms with van der Waals surface area (Å²) < 4.78 is 16.6. The van der Waals surface area contributed by atoms with E-state index < -0.39 is 11.6 Å². The average Bonchev–Trinajstić information content (AvgIpc) is 2.73. The van der Waals surface area contributed by atoms with Crippen LogP contribution in [0.4, 0.5) is 0 Å². The molecule has 0 N–H and O–H groups in total. The van der Waals surface area contributed by atoms with Crippen molar-refractivity contribution in [3.05, 3.63) is 83.9 Å². The third kappa shape index (κ3) is 5.38. The van der Waals surface area contributed by atoms with Gasteiger partial charge < -0.3 is 14.2 Å². The minimum Gasteiger partial charge on any atom is -0.489 e. The van der Waals surface area contributed by atoms with Gasteiger partial charge in [0.2, 0.25) is 0 Å². The Balaban J connectivity index is 1.74.